The number of aryl methyl sites for hydroxylation is 1. The molecule has 0 amide bonds. The zero-order valence-corrected chi connectivity index (χ0v) is 9.62. The molecule has 1 aromatic heterocycles. The lowest BCUT2D eigenvalue weighted by molar-refractivity contribution is 0.513. The number of hydrogen-bond acceptors (Lipinski definition) is 2. The van der Waals surface area contributed by atoms with Gasteiger partial charge in [0.25, 0.3) is 0 Å². The lowest BCUT2D eigenvalue weighted by Gasteiger charge is -2.15. The molecule has 2 rings (SSSR count). The fourth-order valence-electron chi connectivity index (χ4n) is 2.48. The van der Waals surface area contributed by atoms with Gasteiger partial charge in [0.2, 0.25) is 0 Å². The summed E-state index contributed by atoms with van der Waals surface area (Å²) in [5.41, 5.74) is 3.54. The Labute approximate surface area is 90.7 Å². The molecule has 0 aromatic carbocycles. The highest BCUT2D eigenvalue weighted by Crippen LogP contribution is 2.33. The van der Waals surface area contributed by atoms with Crippen molar-refractivity contribution in [1.82, 2.24) is 9.78 Å². The minimum absolute atomic E-state index is 0.0706. The summed E-state index contributed by atoms with van der Waals surface area (Å²) in [6, 6.07) is 2.78. The second-order valence-electron chi connectivity index (χ2n) is 4.56. The maximum Gasteiger partial charge on any atom is 0.0749 e. The predicted octanol–water partition coefficient (Wildman–Crippen LogP) is 2.72. The molecule has 15 heavy (non-hydrogen) atoms. The summed E-state index contributed by atoms with van der Waals surface area (Å²) in [6.07, 6.45) is 3.13. The standard InChI is InChI=1S/C12H17N3/c1-8(2)15-9(3)12-10(7-13)5-4-6-11(12)14-15/h8,10H,4-6H2,1-3H3. The van der Waals surface area contributed by atoms with Gasteiger partial charge in [-0.05, 0) is 40.0 Å². The van der Waals surface area contributed by atoms with Gasteiger partial charge in [0.15, 0.2) is 0 Å². The lowest BCUT2D eigenvalue weighted by Crippen LogP contribution is -2.07. The molecule has 0 aliphatic heterocycles. The van der Waals surface area contributed by atoms with E-state index >= 15 is 0 Å². The molecule has 0 saturated heterocycles. The highest BCUT2D eigenvalue weighted by Gasteiger charge is 2.26. The Kier molecular flexibility index (Phi) is 2.52. The first-order valence-corrected chi connectivity index (χ1v) is 5.62. The van der Waals surface area contributed by atoms with Crippen LogP contribution in [0.1, 0.15) is 55.6 Å². The van der Waals surface area contributed by atoms with Crippen LogP contribution < -0.4 is 0 Å². The Morgan fingerprint density at radius 3 is 2.87 bits per heavy atom. The summed E-state index contributed by atoms with van der Waals surface area (Å²) in [5.74, 6) is 0.0706. The van der Waals surface area contributed by atoms with E-state index in [1.54, 1.807) is 0 Å². The minimum atomic E-state index is 0.0706. The van der Waals surface area contributed by atoms with Crippen molar-refractivity contribution in [1.29, 1.82) is 5.26 Å². The van der Waals surface area contributed by atoms with Crippen LogP contribution in [-0.4, -0.2) is 9.78 Å². The highest BCUT2D eigenvalue weighted by molar-refractivity contribution is 5.35. The average molecular weight is 203 g/mol. The molecule has 0 bridgehead atoms. The zero-order valence-electron chi connectivity index (χ0n) is 9.62. The van der Waals surface area contributed by atoms with E-state index in [0.29, 0.717) is 6.04 Å². The van der Waals surface area contributed by atoms with E-state index in [0.717, 1.165) is 25.0 Å². The van der Waals surface area contributed by atoms with Gasteiger partial charge in [-0.25, -0.2) is 0 Å². The molecule has 1 heterocycles. The highest BCUT2D eigenvalue weighted by atomic mass is 15.3. The number of rotatable bonds is 1. The van der Waals surface area contributed by atoms with Gasteiger partial charge in [-0.1, -0.05) is 0 Å². The molecule has 1 aliphatic carbocycles. The average Bonchev–Trinajstić information content (AvgIpc) is 2.56. The molecule has 0 saturated carbocycles. The molecule has 0 spiro atoms. The monoisotopic (exact) mass is 203 g/mol. The summed E-state index contributed by atoms with van der Waals surface area (Å²) in [6.45, 7) is 6.35. The second-order valence-corrected chi connectivity index (χ2v) is 4.56. The quantitative estimate of drug-likeness (QED) is 0.704. The van der Waals surface area contributed by atoms with E-state index in [2.05, 4.69) is 36.6 Å². The fraction of sp³-hybridized carbons (Fsp3) is 0.667. The Bertz CT molecular complexity index is 409. The molecular weight excluding hydrogens is 186 g/mol. The zero-order chi connectivity index (χ0) is 11.0. The van der Waals surface area contributed by atoms with E-state index < -0.39 is 0 Å². The van der Waals surface area contributed by atoms with E-state index in [9.17, 15) is 0 Å². The Morgan fingerprint density at radius 1 is 1.53 bits per heavy atom. The first-order chi connectivity index (χ1) is 7.15. The molecule has 80 valence electrons. The van der Waals surface area contributed by atoms with E-state index in [4.69, 9.17) is 5.26 Å². The maximum atomic E-state index is 9.12. The van der Waals surface area contributed by atoms with E-state index in [1.165, 1.54) is 11.3 Å². The van der Waals surface area contributed by atoms with Crippen LogP contribution in [0.25, 0.3) is 0 Å². The second kappa shape index (κ2) is 3.69. The minimum Gasteiger partial charge on any atom is -0.267 e. The first-order valence-electron chi connectivity index (χ1n) is 5.62. The van der Waals surface area contributed by atoms with Gasteiger partial charge < -0.3 is 0 Å². The maximum absolute atomic E-state index is 9.12. The molecule has 1 atom stereocenters. The number of fused-ring (bicyclic) bond motifs is 1. The van der Waals surface area contributed by atoms with Crippen molar-refractivity contribution in [2.45, 2.75) is 52.0 Å². The van der Waals surface area contributed by atoms with Gasteiger partial charge in [-0.15, -0.1) is 0 Å². The fourth-order valence-corrected chi connectivity index (χ4v) is 2.48. The van der Waals surface area contributed by atoms with Gasteiger partial charge in [-0.2, -0.15) is 10.4 Å². The van der Waals surface area contributed by atoms with Gasteiger partial charge in [-0.3, -0.25) is 4.68 Å². The van der Waals surface area contributed by atoms with Gasteiger partial charge in [0.05, 0.1) is 17.7 Å². The Morgan fingerprint density at radius 2 is 2.27 bits per heavy atom. The van der Waals surface area contributed by atoms with Gasteiger partial charge in [0, 0.05) is 17.3 Å². The first kappa shape index (κ1) is 10.2. The molecule has 0 N–H and O–H groups in total. The van der Waals surface area contributed by atoms with Crippen molar-refractivity contribution in [3.05, 3.63) is 17.0 Å². The normalized spacial score (nSPS) is 20.1. The third kappa shape index (κ3) is 1.54. The molecule has 0 radical (unpaired) electrons. The van der Waals surface area contributed by atoms with Crippen molar-refractivity contribution >= 4 is 0 Å². The SMILES string of the molecule is Cc1c2c(nn1C(C)C)CCCC2C#N. The Hall–Kier alpha value is -1.30. The van der Waals surface area contributed by atoms with E-state index in [1.807, 2.05) is 0 Å². The van der Waals surface area contributed by atoms with Crippen LogP contribution in [0.3, 0.4) is 0 Å². The van der Waals surface area contributed by atoms with Crippen LogP contribution in [0.15, 0.2) is 0 Å². The van der Waals surface area contributed by atoms with Crippen molar-refractivity contribution in [2.75, 3.05) is 0 Å². The number of hydrogen-bond donors (Lipinski definition) is 0. The number of nitriles is 1. The van der Waals surface area contributed by atoms with Crippen molar-refractivity contribution < 1.29 is 0 Å². The summed E-state index contributed by atoms with van der Waals surface area (Å²) in [5, 5.41) is 13.7. The van der Waals surface area contributed by atoms with Crippen molar-refractivity contribution in [2.24, 2.45) is 0 Å². The molecule has 1 unspecified atom stereocenters. The van der Waals surface area contributed by atoms with Crippen LogP contribution in [-0.2, 0) is 6.42 Å². The van der Waals surface area contributed by atoms with Crippen molar-refractivity contribution in [3.63, 3.8) is 0 Å². The summed E-state index contributed by atoms with van der Waals surface area (Å²) >= 11 is 0. The van der Waals surface area contributed by atoms with Crippen LogP contribution in [0, 0.1) is 18.3 Å². The molecule has 3 heteroatoms. The number of nitrogens with zero attached hydrogens (tertiary/aromatic N) is 3. The molecule has 3 nitrogen and oxygen atoms in total. The van der Waals surface area contributed by atoms with Crippen LogP contribution >= 0.6 is 0 Å². The molecule has 1 aromatic rings. The number of aromatic nitrogens is 2. The molecule has 1 aliphatic rings. The van der Waals surface area contributed by atoms with Crippen LogP contribution in [0.2, 0.25) is 0 Å². The van der Waals surface area contributed by atoms with Crippen molar-refractivity contribution in [3.8, 4) is 6.07 Å². The molecule has 0 fully saturated rings. The van der Waals surface area contributed by atoms with E-state index in [-0.39, 0.29) is 5.92 Å². The van der Waals surface area contributed by atoms with Gasteiger partial charge >= 0.3 is 0 Å². The smallest absolute Gasteiger partial charge is 0.0749 e. The topological polar surface area (TPSA) is 41.6 Å². The van der Waals surface area contributed by atoms with Crippen LogP contribution in [0.5, 0.6) is 0 Å². The summed E-state index contributed by atoms with van der Waals surface area (Å²) < 4.78 is 2.06. The van der Waals surface area contributed by atoms with Crippen LogP contribution in [0.4, 0.5) is 0 Å². The molecular formula is C12H17N3. The lowest BCUT2D eigenvalue weighted by atomic mass is 9.86. The largest absolute Gasteiger partial charge is 0.267 e. The third-order valence-corrected chi connectivity index (χ3v) is 3.17. The van der Waals surface area contributed by atoms with Gasteiger partial charge in [0.1, 0.15) is 0 Å². The third-order valence-electron chi connectivity index (χ3n) is 3.17. The summed E-state index contributed by atoms with van der Waals surface area (Å²) in [7, 11) is 0. The predicted molar refractivity (Wildman–Crippen MR) is 58.6 cm³/mol. The summed E-state index contributed by atoms with van der Waals surface area (Å²) in [4.78, 5) is 0. The Balaban J connectivity index is 2.52.